The van der Waals surface area contributed by atoms with Gasteiger partial charge in [0.1, 0.15) is 5.82 Å². The van der Waals surface area contributed by atoms with Crippen molar-refractivity contribution in [3.8, 4) is 0 Å². The van der Waals surface area contributed by atoms with Gasteiger partial charge in [-0.25, -0.2) is 4.98 Å². The van der Waals surface area contributed by atoms with Crippen molar-refractivity contribution in [1.29, 1.82) is 0 Å². The van der Waals surface area contributed by atoms with Crippen molar-refractivity contribution >= 4 is 27.7 Å². The van der Waals surface area contributed by atoms with E-state index >= 15 is 0 Å². The van der Waals surface area contributed by atoms with Crippen LogP contribution in [-0.2, 0) is 0 Å². The SMILES string of the molecule is CCCNc1ncc(Br)cc1C(=O)NCCN(C)C. The molecule has 0 atom stereocenters. The zero-order chi connectivity index (χ0) is 14.3. The van der Waals surface area contributed by atoms with E-state index in [0.29, 0.717) is 17.9 Å². The Balaban J connectivity index is 2.72. The fourth-order valence-corrected chi connectivity index (χ4v) is 1.82. The molecule has 1 aromatic heterocycles. The highest BCUT2D eigenvalue weighted by molar-refractivity contribution is 9.10. The lowest BCUT2D eigenvalue weighted by Gasteiger charge is -2.13. The molecule has 1 heterocycles. The molecule has 6 heteroatoms. The van der Waals surface area contributed by atoms with Crippen molar-refractivity contribution in [2.24, 2.45) is 0 Å². The highest BCUT2D eigenvalue weighted by Gasteiger charge is 2.12. The quantitative estimate of drug-likeness (QED) is 0.803. The minimum atomic E-state index is -0.103. The minimum absolute atomic E-state index is 0.103. The van der Waals surface area contributed by atoms with Gasteiger partial charge in [0.05, 0.1) is 5.56 Å². The van der Waals surface area contributed by atoms with Crippen molar-refractivity contribution in [1.82, 2.24) is 15.2 Å². The van der Waals surface area contributed by atoms with Gasteiger partial charge < -0.3 is 15.5 Å². The van der Waals surface area contributed by atoms with Gasteiger partial charge in [-0.15, -0.1) is 0 Å². The maximum Gasteiger partial charge on any atom is 0.255 e. The number of nitrogens with one attached hydrogen (secondary N) is 2. The molecule has 0 spiro atoms. The number of nitrogens with zero attached hydrogens (tertiary/aromatic N) is 2. The van der Waals surface area contributed by atoms with Crippen molar-refractivity contribution in [3.63, 3.8) is 0 Å². The summed E-state index contributed by atoms with van der Waals surface area (Å²) in [4.78, 5) is 18.4. The molecule has 0 aromatic carbocycles. The predicted molar refractivity (Wildman–Crippen MR) is 81.6 cm³/mol. The van der Waals surface area contributed by atoms with E-state index < -0.39 is 0 Å². The number of carbonyl (C=O) groups is 1. The van der Waals surface area contributed by atoms with Gasteiger partial charge in [0.15, 0.2) is 0 Å². The number of hydrogen-bond acceptors (Lipinski definition) is 4. The first kappa shape index (κ1) is 15.9. The van der Waals surface area contributed by atoms with E-state index in [-0.39, 0.29) is 5.91 Å². The van der Waals surface area contributed by atoms with Crippen LogP contribution in [0.2, 0.25) is 0 Å². The van der Waals surface area contributed by atoms with Crippen molar-refractivity contribution in [2.45, 2.75) is 13.3 Å². The highest BCUT2D eigenvalue weighted by Crippen LogP contribution is 2.18. The third-order valence-corrected chi connectivity index (χ3v) is 2.92. The molecule has 2 N–H and O–H groups in total. The van der Waals surface area contributed by atoms with Gasteiger partial charge in [-0.2, -0.15) is 0 Å². The molecule has 0 bridgehead atoms. The van der Waals surface area contributed by atoms with Crippen LogP contribution in [0, 0.1) is 0 Å². The minimum Gasteiger partial charge on any atom is -0.369 e. The van der Waals surface area contributed by atoms with Crippen LogP contribution in [0.15, 0.2) is 16.7 Å². The number of aromatic nitrogens is 1. The lowest BCUT2D eigenvalue weighted by atomic mass is 10.2. The number of rotatable bonds is 7. The Morgan fingerprint density at radius 3 is 2.79 bits per heavy atom. The largest absolute Gasteiger partial charge is 0.369 e. The Labute approximate surface area is 122 Å². The first-order chi connectivity index (χ1) is 9.04. The molecule has 0 unspecified atom stereocenters. The average molecular weight is 329 g/mol. The summed E-state index contributed by atoms with van der Waals surface area (Å²) in [5, 5.41) is 6.06. The van der Waals surface area contributed by atoms with Crippen molar-refractivity contribution in [2.75, 3.05) is 39.0 Å². The van der Waals surface area contributed by atoms with Gasteiger partial charge in [-0.05, 0) is 42.5 Å². The van der Waals surface area contributed by atoms with E-state index in [1.54, 1.807) is 12.3 Å². The lowest BCUT2D eigenvalue weighted by molar-refractivity contribution is 0.0951. The predicted octanol–water partition coefficient (Wildman–Crippen LogP) is 1.96. The first-order valence-corrected chi connectivity index (χ1v) is 7.16. The van der Waals surface area contributed by atoms with Crippen LogP contribution in [0.5, 0.6) is 0 Å². The highest BCUT2D eigenvalue weighted by atomic mass is 79.9. The lowest BCUT2D eigenvalue weighted by Crippen LogP contribution is -2.32. The maximum atomic E-state index is 12.1. The fourth-order valence-electron chi connectivity index (χ4n) is 1.48. The summed E-state index contributed by atoms with van der Waals surface area (Å²) < 4.78 is 0.798. The molecular formula is C13H21BrN4O. The Morgan fingerprint density at radius 2 is 2.16 bits per heavy atom. The fraction of sp³-hybridized carbons (Fsp3) is 0.538. The Bertz CT molecular complexity index is 423. The Morgan fingerprint density at radius 1 is 1.42 bits per heavy atom. The molecule has 19 heavy (non-hydrogen) atoms. The van der Waals surface area contributed by atoms with Crippen LogP contribution < -0.4 is 10.6 Å². The van der Waals surface area contributed by atoms with E-state index in [9.17, 15) is 4.79 Å². The van der Waals surface area contributed by atoms with Crippen LogP contribution in [-0.4, -0.2) is 49.5 Å². The molecule has 0 radical (unpaired) electrons. The van der Waals surface area contributed by atoms with E-state index in [4.69, 9.17) is 0 Å². The molecule has 1 aromatic rings. The molecule has 0 saturated carbocycles. The smallest absolute Gasteiger partial charge is 0.255 e. The maximum absolute atomic E-state index is 12.1. The number of amides is 1. The number of likely N-dealkylation sites (N-methyl/N-ethyl adjacent to an activating group) is 1. The normalized spacial score (nSPS) is 10.6. The number of hydrogen-bond donors (Lipinski definition) is 2. The summed E-state index contributed by atoms with van der Waals surface area (Å²) >= 11 is 3.35. The Hall–Kier alpha value is -1.14. The third-order valence-electron chi connectivity index (χ3n) is 2.49. The molecule has 1 amide bonds. The molecule has 0 aliphatic heterocycles. The van der Waals surface area contributed by atoms with Crippen LogP contribution in [0.3, 0.4) is 0 Å². The van der Waals surface area contributed by atoms with Gasteiger partial charge in [-0.1, -0.05) is 6.92 Å². The van der Waals surface area contributed by atoms with Gasteiger partial charge in [0.25, 0.3) is 5.91 Å². The molecular weight excluding hydrogens is 308 g/mol. The second-order valence-corrected chi connectivity index (χ2v) is 5.45. The van der Waals surface area contributed by atoms with E-state index in [1.807, 2.05) is 19.0 Å². The van der Waals surface area contributed by atoms with E-state index in [1.165, 1.54) is 0 Å². The molecule has 0 fully saturated rings. The first-order valence-electron chi connectivity index (χ1n) is 6.37. The number of pyridine rings is 1. The molecule has 106 valence electrons. The summed E-state index contributed by atoms with van der Waals surface area (Å²) in [5.41, 5.74) is 0.571. The monoisotopic (exact) mass is 328 g/mol. The molecule has 0 aliphatic carbocycles. The second-order valence-electron chi connectivity index (χ2n) is 4.54. The standard InChI is InChI=1S/C13H21BrN4O/c1-4-5-15-12-11(8-10(14)9-17-12)13(19)16-6-7-18(2)3/h8-9H,4-7H2,1-3H3,(H,15,17)(H,16,19). The zero-order valence-electron chi connectivity index (χ0n) is 11.7. The molecule has 5 nitrogen and oxygen atoms in total. The zero-order valence-corrected chi connectivity index (χ0v) is 13.2. The van der Waals surface area contributed by atoms with E-state index in [0.717, 1.165) is 24.0 Å². The summed E-state index contributed by atoms with van der Waals surface area (Å²) in [5.74, 6) is 0.529. The van der Waals surface area contributed by atoms with Gasteiger partial charge in [-0.3, -0.25) is 4.79 Å². The second kappa shape index (κ2) is 8.12. The van der Waals surface area contributed by atoms with Gasteiger partial charge in [0, 0.05) is 30.3 Å². The third kappa shape index (κ3) is 5.57. The summed E-state index contributed by atoms with van der Waals surface area (Å²) in [6.07, 6.45) is 2.67. The van der Waals surface area contributed by atoms with Gasteiger partial charge in [0.2, 0.25) is 0 Å². The number of halogens is 1. The van der Waals surface area contributed by atoms with Crippen LogP contribution in [0.25, 0.3) is 0 Å². The number of carbonyl (C=O) groups excluding carboxylic acids is 1. The van der Waals surface area contributed by atoms with Crippen LogP contribution in [0.4, 0.5) is 5.82 Å². The van der Waals surface area contributed by atoms with Crippen molar-refractivity contribution in [3.05, 3.63) is 22.3 Å². The molecule has 0 saturated heterocycles. The van der Waals surface area contributed by atoms with Crippen LogP contribution >= 0.6 is 15.9 Å². The number of anilines is 1. The van der Waals surface area contributed by atoms with Crippen LogP contribution in [0.1, 0.15) is 23.7 Å². The summed E-state index contributed by atoms with van der Waals surface area (Å²) in [6.45, 7) is 4.30. The van der Waals surface area contributed by atoms with Gasteiger partial charge >= 0.3 is 0 Å². The Kier molecular flexibility index (Phi) is 6.80. The summed E-state index contributed by atoms with van der Waals surface area (Å²) in [7, 11) is 3.95. The summed E-state index contributed by atoms with van der Waals surface area (Å²) in [6, 6.07) is 1.79. The molecule has 1 rings (SSSR count). The van der Waals surface area contributed by atoms with E-state index in [2.05, 4.69) is 38.5 Å². The molecule has 0 aliphatic rings. The van der Waals surface area contributed by atoms with Crippen molar-refractivity contribution < 1.29 is 4.79 Å². The topological polar surface area (TPSA) is 57.3 Å². The average Bonchev–Trinajstić information content (AvgIpc) is 2.36.